The average Bonchev–Trinajstić information content (AvgIpc) is 3.03. The topological polar surface area (TPSA) is 41.6 Å². The van der Waals surface area contributed by atoms with Crippen LogP contribution >= 0.6 is 0 Å². The normalized spacial score (nSPS) is 14.2. The molecule has 24 heavy (non-hydrogen) atoms. The summed E-state index contributed by atoms with van der Waals surface area (Å²) < 4.78 is 5.85. The molecule has 0 bridgehead atoms. The van der Waals surface area contributed by atoms with Gasteiger partial charge in [0.1, 0.15) is 12.4 Å². The number of likely N-dealkylation sites (tertiary alicyclic amines) is 1. The molecule has 0 atom stereocenters. The van der Waals surface area contributed by atoms with Gasteiger partial charge in [-0.25, -0.2) is 0 Å². The molecule has 1 fully saturated rings. The Morgan fingerprint density at radius 2 is 1.88 bits per heavy atom. The SMILES string of the molecule is O=C1CCCN1CCNCc1cccc(OCc2ccccc2)c1. The Hall–Kier alpha value is -2.33. The first-order chi connectivity index (χ1) is 11.8. The summed E-state index contributed by atoms with van der Waals surface area (Å²) in [4.78, 5) is 13.5. The Morgan fingerprint density at radius 3 is 2.67 bits per heavy atom. The van der Waals surface area contributed by atoms with Gasteiger partial charge in [0.25, 0.3) is 0 Å². The number of nitrogens with one attached hydrogen (secondary N) is 1. The molecule has 126 valence electrons. The molecule has 4 heteroatoms. The van der Waals surface area contributed by atoms with Gasteiger partial charge in [-0.05, 0) is 29.7 Å². The largest absolute Gasteiger partial charge is 0.489 e. The highest BCUT2D eigenvalue weighted by molar-refractivity contribution is 5.78. The second kappa shape index (κ2) is 8.50. The van der Waals surface area contributed by atoms with Crippen LogP contribution < -0.4 is 10.1 Å². The first kappa shape index (κ1) is 16.5. The lowest BCUT2D eigenvalue weighted by molar-refractivity contribution is -0.127. The number of carbonyl (C=O) groups excluding carboxylic acids is 1. The second-order valence-electron chi connectivity index (χ2n) is 6.08. The minimum absolute atomic E-state index is 0.285. The molecule has 1 saturated heterocycles. The second-order valence-corrected chi connectivity index (χ2v) is 6.08. The fourth-order valence-corrected chi connectivity index (χ4v) is 2.87. The number of carbonyl (C=O) groups is 1. The smallest absolute Gasteiger partial charge is 0.222 e. The van der Waals surface area contributed by atoms with Gasteiger partial charge in [0.15, 0.2) is 0 Å². The molecule has 3 rings (SSSR count). The van der Waals surface area contributed by atoms with Crippen LogP contribution in [0.3, 0.4) is 0 Å². The van der Waals surface area contributed by atoms with Gasteiger partial charge in [0, 0.05) is 32.6 Å². The van der Waals surface area contributed by atoms with E-state index >= 15 is 0 Å². The third kappa shape index (κ3) is 4.83. The number of ether oxygens (including phenoxy) is 1. The van der Waals surface area contributed by atoms with Gasteiger partial charge in [0.2, 0.25) is 5.91 Å². The zero-order valence-corrected chi connectivity index (χ0v) is 13.9. The van der Waals surface area contributed by atoms with E-state index in [2.05, 4.69) is 29.6 Å². The molecule has 1 N–H and O–H groups in total. The van der Waals surface area contributed by atoms with Gasteiger partial charge in [-0.15, -0.1) is 0 Å². The minimum Gasteiger partial charge on any atom is -0.489 e. The predicted molar refractivity (Wildman–Crippen MR) is 94.7 cm³/mol. The van der Waals surface area contributed by atoms with E-state index in [0.717, 1.165) is 43.9 Å². The van der Waals surface area contributed by atoms with Gasteiger partial charge >= 0.3 is 0 Å². The van der Waals surface area contributed by atoms with Crippen molar-refractivity contribution in [2.24, 2.45) is 0 Å². The van der Waals surface area contributed by atoms with E-state index in [4.69, 9.17) is 4.74 Å². The van der Waals surface area contributed by atoms with Crippen molar-refractivity contribution in [3.8, 4) is 5.75 Å². The minimum atomic E-state index is 0.285. The summed E-state index contributed by atoms with van der Waals surface area (Å²) in [6.07, 6.45) is 1.71. The number of hydrogen-bond acceptors (Lipinski definition) is 3. The summed E-state index contributed by atoms with van der Waals surface area (Å²) in [6, 6.07) is 18.3. The maximum absolute atomic E-state index is 11.6. The number of hydrogen-bond donors (Lipinski definition) is 1. The Morgan fingerprint density at radius 1 is 1.04 bits per heavy atom. The van der Waals surface area contributed by atoms with Crippen LogP contribution in [0.25, 0.3) is 0 Å². The van der Waals surface area contributed by atoms with Crippen LogP contribution in [0.4, 0.5) is 0 Å². The lowest BCUT2D eigenvalue weighted by Gasteiger charge is -2.15. The molecule has 0 radical (unpaired) electrons. The van der Waals surface area contributed by atoms with Crippen LogP contribution in [0.5, 0.6) is 5.75 Å². The van der Waals surface area contributed by atoms with Crippen molar-refractivity contribution in [1.82, 2.24) is 10.2 Å². The van der Waals surface area contributed by atoms with Crippen LogP contribution in [-0.4, -0.2) is 30.4 Å². The molecular formula is C20H24N2O2. The molecule has 0 saturated carbocycles. The molecular weight excluding hydrogens is 300 g/mol. The monoisotopic (exact) mass is 324 g/mol. The summed E-state index contributed by atoms with van der Waals surface area (Å²) in [6.45, 7) is 3.88. The van der Waals surface area contributed by atoms with Gasteiger partial charge < -0.3 is 15.0 Å². The molecule has 1 aliphatic heterocycles. The Bertz CT molecular complexity index is 658. The number of rotatable bonds is 8. The third-order valence-corrected chi connectivity index (χ3v) is 4.21. The summed E-state index contributed by atoms with van der Waals surface area (Å²) >= 11 is 0. The molecule has 4 nitrogen and oxygen atoms in total. The molecule has 1 heterocycles. The van der Waals surface area contributed by atoms with E-state index in [9.17, 15) is 4.79 Å². The van der Waals surface area contributed by atoms with Crippen molar-refractivity contribution in [2.45, 2.75) is 26.0 Å². The van der Waals surface area contributed by atoms with E-state index in [0.29, 0.717) is 13.0 Å². The number of benzene rings is 2. The highest BCUT2D eigenvalue weighted by atomic mass is 16.5. The molecule has 2 aromatic rings. The van der Waals surface area contributed by atoms with E-state index in [1.165, 1.54) is 5.56 Å². The van der Waals surface area contributed by atoms with E-state index in [1.807, 2.05) is 35.2 Å². The summed E-state index contributed by atoms with van der Waals surface area (Å²) in [5.74, 6) is 1.17. The quantitative estimate of drug-likeness (QED) is 0.759. The van der Waals surface area contributed by atoms with Crippen molar-refractivity contribution < 1.29 is 9.53 Å². The fourth-order valence-electron chi connectivity index (χ4n) is 2.87. The zero-order chi connectivity index (χ0) is 16.6. The lowest BCUT2D eigenvalue weighted by Crippen LogP contribution is -2.32. The van der Waals surface area contributed by atoms with Crippen LogP contribution in [-0.2, 0) is 17.9 Å². The Balaban J connectivity index is 1.42. The van der Waals surface area contributed by atoms with Crippen molar-refractivity contribution in [2.75, 3.05) is 19.6 Å². The molecule has 2 aromatic carbocycles. The third-order valence-electron chi connectivity index (χ3n) is 4.21. The molecule has 0 unspecified atom stereocenters. The predicted octanol–water partition coefficient (Wildman–Crippen LogP) is 2.98. The highest BCUT2D eigenvalue weighted by Crippen LogP contribution is 2.15. The van der Waals surface area contributed by atoms with Crippen molar-refractivity contribution in [3.63, 3.8) is 0 Å². The van der Waals surface area contributed by atoms with Crippen LogP contribution in [0.15, 0.2) is 54.6 Å². The van der Waals surface area contributed by atoms with Gasteiger partial charge in [-0.1, -0.05) is 42.5 Å². The highest BCUT2D eigenvalue weighted by Gasteiger charge is 2.18. The van der Waals surface area contributed by atoms with Crippen LogP contribution in [0.2, 0.25) is 0 Å². The van der Waals surface area contributed by atoms with Crippen molar-refractivity contribution in [1.29, 1.82) is 0 Å². The van der Waals surface area contributed by atoms with E-state index in [-0.39, 0.29) is 5.91 Å². The van der Waals surface area contributed by atoms with Gasteiger partial charge in [-0.3, -0.25) is 4.79 Å². The maximum Gasteiger partial charge on any atom is 0.222 e. The summed E-state index contributed by atoms with van der Waals surface area (Å²) in [7, 11) is 0. The van der Waals surface area contributed by atoms with E-state index < -0.39 is 0 Å². The maximum atomic E-state index is 11.6. The van der Waals surface area contributed by atoms with Gasteiger partial charge in [-0.2, -0.15) is 0 Å². The molecule has 1 amide bonds. The standard InChI is InChI=1S/C20H24N2O2/c23-20-10-5-12-22(20)13-11-21-15-18-8-4-9-19(14-18)24-16-17-6-2-1-3-7-17/h1-4,6-9,14,21H,5,10-13,15-16H2. The molecule has 0 aromatic heterocycles. The summed E-state index contributed by atoms with van der Waals surface area (Å²) in [5, 5.41) is 3.40. The first-order valence-electron chi connectivity index (χ1n) is 8.55. The van der Waals surface area contributed by atoms with Crippen molar-refractivity contribution >= 4 is 5.91 Å². The number of amides is 1. The molecule has 1 aliphatic rings. The molecule has 0 spiro atoms. The van der Waals surface area contributed by atoms with Crippen molar-refractivity contribution in [3.05, 3.63) is 65.7 Å². The number of nitrogens with zero attached hydrogens (tertiary/aromatic N) is 1. The van der Waals surface area contributed by atoms with Crippen LogP contribution in [0.1, 0.15) is 24.0 Å². The average molecular weight is 324 g/mol. The van der Waals surface area contributed by atoms with E-state index in [1.54, 1.807) is 0 Å². The zero-order valence-electron chi connectivity index (χ0n) is 13.9. The lowest BCUT2D eigenvalue weighted by atomic mass is 10.2. The fraction of sp³-hybridized carbons (Fsp3) is 0.350. The first-order valence-corrected chi connectivity index (χ1v) is 8.55. The van der Waals surface area contributed by atoms with Crippen LogP contribution in [0, 0.1) is 0 Å². The Kier molecular flexibility index (Phi) is 5.85. The van der Waals surface area contributed by atoms with Gasteiger partial charge in [0.05, 0.1) is 0 Å². The summed E-state index contributed by atoms with van der Waals surface area (Å²) in [5.41, 5.74) is 2.35. The molecule has 0 aliphatic carbocycles. The Labute approximate surface area is 143 Å².